The molecule has 0 bridgehead atoms. The summed E-state index contributed by atoms with van der Waals surface area (Å²) in [6.07, 6.45) is 3.39. The molecule has 9 nitrogen and oxygen atoms in total. The largest absolute Gasteiger partial charge is 0.361 e. The van der Waals surface area contributed by atoms with Crippen LogP contribution in [0.3, 0.4) is 0 Å². The fourth-order valence-corrected chi connectivity index (χ4v) is 4.29. The number of aromatic nitrogens is 2. The molecule has 9 heteroatoms. The van der Waals surface area contributed by atoms with E-state index in [4.69, 9.17) is 4.52 Å². The van der Waals surface area contributed by atoms with Gasteiger partial charge in [-0.2, -0.15) is 0 Å². The predicted molar refractivity (Wildman–Crippen MR) is 128 cm³/mol. The van der Waals surface area contributed by atoms with Gasteiger partial charge in [0.1, 0.15) is 11.8 Å². The lowest BCUT2D eigenvalue weighted by Crippen LogP contribution is -2.53. The zero-order valence-corrected chi connectivity index (χ0v) is 19.8. The standard InChI is InChI=1S/C25H31N5O4/c1-15(2)23(31)27-21(13-18-14-26-20-7-5-4-6-19(18)20)25(33)30-10-8-17(9-11-30)24(32)28-22-12-16(3)34-29-22/h4-7,12,14-15,17,21,26H,8-11,13H2,1-3H3,(H,27,31)(H,28,29,32). The maximum atomic E-state index is 13.5. The zero-order valence-electron chi connectivity index (χ0n) is 19.8. The third-order valence-corrected chi connectivity index (χ3v) is 6.29. The number of amides is 3. The number of aromatic amines is 1. The number of anilines is 1. The SMILES string of the molecule is Cc1cc(NC(=O)C2CCN(C(=O)C(Cc3c[nH]c4ccccc34)NC(=O)C(C)C)CC2)no1. The van der Waals surface area contributed by atoms with Crippen molar-refractivity contribution in [3.05, 3.63) is 47.9 Å². The van der Waals surface area contributed by atoms with Gasteiger partial charge in [0.15, 0.2) is 5.82 Å². The molecule has 180 valence electrons. The molecule has 34 heavy (non-hydrogen) atoms. The quantitative estimate of drug-likeness (QED) is 0.495. The average Bonchev–Trinajstić information content (AvgIpc) is 3.43. The van der Waals surface area contributed by atoms with Gasteiger partial charge in [-0.05, 0) is 31.4 Å². The van der Waals surface area contributed by atoms with Crippen LogP contribution in [0.25, 0.3) is 10.9 Å². The molecule has 1 fully saturated rings. The van der Waals surface area contributed by atoms with Crippen molar-refractivity contribution in [1.82, 2.24) is 20.4 Å². The van der Waals surface area contributed by atoms with Crippen LogP contribution >= 0.6 is 0 Å². The fraction of sp³-hybridized carbons (Fsp3) is 0.440. The fourth-order valence-electron chi connectivity index (χ4n) is 4.29. The predicted octanol–water partition coefficient (Wildman–Crippen LogP) is 3.02. The molecule has 1 saturated heterocycles. The number of para-hydroxylation sites is 1. The molecule has 2 aromatic heterocycles. The second-order valence-corrected chi connectivity index (χ2v) is 9.19. The third-order valence-electron chi connectivity index (χ3n) is 6.29. The zero-order chi connectivity index (χ0) is 24.2. The molecule has 3 N–H and O–H groups in total. The summed E-state index contributed by atoms with van der Waals surface area (Å²) in [6, 6.07) is 8.91. The lowest BCUT2D eigenvalue weighted by molar-refractivity contribution is -0.139. The van der Waals surface area contributed by atoms with Gasteiger partial charge in [-0.1, -0.05) is 37.2 Å². The van der Waals surface area contributed by atoms with Crippen molar-refractivity contribution in [2.45, 2.75) is 46.1 Å². The molecule has 1 atom stereocenters. The lowest BCUT2D eigenvalue weighted by atomic mass is 9.94. The minimum atomic E-state index is -0.669. The van der Waals surface area contributed by atoms with Crippen molar-refractivity contribution in [2.75, 3.05) is 18.4 Å². The Kier molecular flexibility index (Phi) is 7.00. The van der Waals surface area contributed by atoms with Gasteiger partial charge in [0.2, 0.25) is 17.7 Å². The number of rotatable bonds is 7. The summed E-state index contributed by atoms with van der Waals surface area (Å²) in [4.78, 5) is 43.5. The number of carbonyl (C=O) groups excluding carboxylic acids is 3. The molecule has 1 aromatic carbocycles. The monoisotopic (exact) mass is 465 g/mol. The van der Waals surface area contributed by atoms with Crippen LogP contribution in [0.15, 0.2) is 41.1 Å². The van der Waals surface area contributed by atoms with Crippen LogP contribution in [0.2, 0.25) is 0 Å². The Morgan fingerprint density at radius 2 is 1.94 bits per heavy atom. The Labute approximate surface area is 198 Å². The van der Waals surface area contributed by atoms with Crippen LogP contribution in [0, 0.1) is 18.8 Å². The molecule has 0 radical (unpaired) electrons. The van der Waals surface area contributed by atoms with Crippen LogP contribution in [0.5, 0.6) is 0 Å². The number of hydrogen-bond acceptors (Lipinski definition) is 5. The number of hydrogen-bond donors (Lipinski definition) is 3. The molecule has 3 amide bonds. The first kappa shape index (κ1) is 23.5. The molecular weight excluding hydrogens is 434 g/mol. The maximum absolute atomic E-state index is 13.5. The van der Waals surface area contributed by atoms with Gasteiger partial charge in [-0.3, -0.25) is 14.4 Å². The molecule has 1 aliphatic rings. The highest BCUT2D eigenvalue weighted by atomic mass is 16.5. The number of carbonyl (C=O) groups is 3. The van der Waals surface area contributed by atoms with E-state index in [2.05, 4.69) is 20.8 Å². The first-order valence-corrected chi connectivity index (χ1v) is 11.7. The highest BCUT2D eigenvalue weighted by Crippen LogP contribution is 2.23. The van der Waals surface area contributed by atoms with E-state index in [0.29, 0.717) is 43.9 Å². The van der Waals surface area contributed by atoms with E-state index in [9.17, 15) is 14.4 Å². The normalized spacial score (nSPS) is 15.5. The van der Waals surface area contributed by atoms with Crippen molar-refractivity contribution in [2.24, 2.45) is 11.8 Å². The van der Waals surface area contributed by atoms with E-state index < -0.39 is 6.04 Å². The molecule has 3 aromatic rings. The van der Waals surface area contributed by atoms with Crippen LogP contribution < -0.4 is 10.6 Å². The molecule has 0 saturated carbocycles. The average molecular weight is 466 g/mol. The van der Waals surface area contributed by atoms with Crippen molar-refractivity contribution < 1.29 is 18.9 Å². The number of benzene rings is 1. The van der Waals surface area contributed by atoms with Gasteiger partial charge < -0.3 is 25.0 Å². The van der Waals surface area contributed by atoms with Crippen LogP contribution in [0.1, 0.15) is 38.0 Å². The van der Waals surface area contributed by atoms with Crippen LogP contribution in [-0.2, 0) is 20.8 Å². The lowest BCUT2D eigenvalue weighted by Gasteiger charge is -2.34. The topological polar surface area (TPSA) is 120 Å². The van der Waals surface area contributed by atoms with E-state index in [1.54, 1.807) is 17.9 Å². The number of likely N-dealkylation sites (tertiary alicyclic amines) is 1. The molecule has 0 aliphatic carbocycles. The minimum absolute atomic E-state index is 0.120. The molecule has 0 spiro atoms. The van der Waals surface area contributed by atoms with Crippen molar-refractivity contribution >= 4 is 34.4 Å². The number of aryl methyl sites for hydroxylation is 1. The van der Waals surface area contributed by atoms with E-state index in [1.165, 1.54) is 0 Å². The Morgan fingerprint density at radius 3 is 2.62 bits per heavy atom. The number of nitrogens with zero attached hydrogens (tertiary/aromatic N) is 2. The van der Waals surface area contributed by atoms with Gasteiger partial charge in [-0.15, -0.1) is 0 Å². The van der Waals surface area contributed by atoms with E-state index in [0.717, 1.165) is 16.5 Å². The Bertz CT molecular complexity index is 1170. The van der Waals surface area contributed by atoms with Crippen molar-refractivity contribution in [3.63, 3.8) is 0 Å². The smallest absolute Gasteiger partial charge is 0.245 e. The van der Waals surface area contributed by atoms with Gasteiger partial charge in [0, 0.05) is 54.5 Å². The second kappa shape index (κ2) is 10.1. The second-order valence-electron chi connectivity index (χ2n) is 9.19. The van der Waals surface area contributed by atoms with Gasteiger partial charge in [-0.25, -0.2) is 0 Å². The number of fused-ring (bicyclic) bond motifs is 1. The Balaban J connectivity index is 1.42. The highest BCUT2D eigenvalue weighted by Gasteiger charge is 2.32. The van der Waals surface area contributed by atoms with Crippen LogP contribution in [0.4, 0.5) is 5.82 Å². The minimum Gasteiger partial charge on any atom is -0.361 e. The summed E-state index contributed by atoms with van der Waals surface area (Å²) < 4.78 is 4.99. The van der Waals surface area contributed by atoms with Gasteiger partial charge >= 0.3 is 0 Å². The number of nitrogens with one attached hydrogen (secondary N) is 3. The molecule has 4 rings (SSSR count). The summed E-state index contributed by atoms with van der Waals surface area (Å²) in [5, 5.41) is 10.6. The summed E-state index contributed by atoms with van der Waals surface area (Å²) in [5.74, 6) is 0.187. The maximum Gasteiger partial charge on any atom is 0.245 e. The Morgan fingerprint density at radius 1 is 1.21 bits per heavy atom. The van der Waals surface area contributed by atoms with E-state index in [1.807, 2.05) is 44.3 Å². The number of piperidine rings is 1. The molecule has 3 heterocycles. The number of H-pyrrole nitrogens is 1. The van der Waals surface area contributed by atoms with Gasteiger partial charge in [0.25, 0.3) is 0 Å². The summed E-state index contributed by atoms with van der Waals surface area (Å²) >= 11 is 0. The first-order valence-electron chi connectivity index (χ1n) is 11.7. The summed E-state index contributed by atoms with van der Waals surface area (Å²) in [5.41, 5.74) is 1.98. The molecule has 1 unspecified atom stereocenters. The Hall–Kier alpha value is -3.62. The first-order chi connectivity index (χ1) is 16.3. The van der Waals surface area contributed by atoms with Crippen molar-refractivity contribution in [3.8, 4) is 0 Å². The molecular formula is C25H31N5O4. The summed E-state index contributed by atoms with van der Waals surface area (Å²) in [7, 11) is 0. The van der Waals surface area contributed by atoms with E-state index >= 15 is 0 Å². The summed E-state index contributed by atoms with van der Waals surface area (Å²) in [6.45, 7) is 6.29. The highest BCUT2D eigenvalue weighted by molar-refractivity contribution is 5.92. The third kappa shape index (κ3) is 5.30. The molecule has 1 aliphatic heterocycles. The van der Waals surface area contributed by atoms with E-state index in [-0.39, 0.29) is 29.6 Å². The van der Waals surface area contributed by atoms with Crippen molar-refractivity contribution in [1.29, 1.82) is 0 Å². The van der Waals surface area contributed by atoms with Gasteiger partial charge in [0.05, 0.1) is 0 Å². The van der Waals surface area contributed by atoms with Crippen LogP contribution in [-0.4, -0.2) is 51.9 Å².